The zero-order chi connectivity index (χ0) is 14.5. The Balaban J connectivity index is 2.44. The van der Waals surface area contributed by atoms with Crippen LogP contribution >= 0.6 is 11.6 Å². The lowest BCUT2D eigenvalue weighted by Crippen LogP contribution is -2.15. The summed E-state index contributed by atoms with van der Waals surface area (Å²) in [6.07, 6.45) is 3.16. The predicted molar refractivity (Wildman–Crippen MR) is 88.3 cm³/mol. The van der Waals surface area contributed by atoms with Crippen LogP contribution in [0.1, 0.15) is 31.4 Å². The third-order valence-corrected chi connectivity index (χ3v) is 3.75. The second-order valence-corrected chi connectivity index (χ2v) is 5.31. The number of pyridine rings is 1. The zero-order valence-electron chi connectivity index (χ0n) is 12.3. The Morgan fingerprint density at radius 3 is 2.85 bits per heavy atom. The van der Waals surface area contributed by atoms with E-state index in [2.05, 4.69) is 61.4 Å². The first-order chi connectivity index (χ1) is 9.65. The fourth-order valence-electron chi connectivity index (χ4n) is 2.23. The lowest BCUT2D eigenvalue weighted by molar-refractivity contribution is 0.762. The van der Waals surface area contributed by atoms with Crippen LogP contribution in [0.4, 0.5) is 0 Å². The molecule has 2 aromatic rings. The molecule has 0 radical (unpaired) electrons. The van der Waals surface area contributed by atoms with E-state index in [-0.39, 0.29) is 0 Å². The van der Waals surface area contributed by atoms with Gasteiger partial charge in [0.2, 0.25) is 0 Å². The molecule has 3 heteroatoms. The summed E-state index contributed by atoms with van der Waals surface area (Å²) in [7, 11) is 0. The Morgan fingerprint density at radius 2 is 2.15 bits per heavy atom. The van der Waals surface area contributed by atoms with Crippen molar-refractivity contribution in [1.82, 2.24) is 10.3 Å². The van der Waals surface area contributed by atoms with Crippen LogP contribution in [0.3, 0.4) is 0 Å². The molecule has 0 saturated heterocycles. The first-order valence-electron chi connectivity index (χ1n) is 7.11. The second kappa shape index (κ2) is 6.87. The molecule has 0 aliphatic heterocycles. The van der Waals surface area contributed by atoms with Crippen molar-refractivity contribution < 1.29 is 0 Å². The molecule has 2 nitrogen and oxygen atoms in total. The smallest absolute Gasteiger partial charge is 0.137 e. The Bertz CT molecular complexity index is 632. The molecule has 0 bridgehead atoms. The minimum absolute atomic E-state index is 0.578. The van der Waals surface area contributed by atoms with Crippen LogP contribution in [-0.2, 0) is 0 Å². The Kier molecular flexibility index (Phi) is 5.16. The number of hydrogen-bond donors (Lipinski definition) is 1. The Labute approximate surface area is 125 Å². The Hall–Kier alpha value is -1.38. The van der Waals surface area contributed by atoms with Gasteiger partial charge in [-0.2, -0.15) is 0 Å². The molecule has 1 heterocycles. The van der Waals surface area contributed by atoms with E-state index in [0.717, 1.165) is 41.5 Å². The van der Waals surface area contributed by atoms with E-state index in [1.807, 2.05) is 0 Å². The number of hydrogen-bond acceptors (Lipinski definition) is 2. The molecule has 0 unspecified atom stereocenters. The summed E-state index contributed by atoms with van der Waals surface area (Å²) in [5, 5.41) is 5.07. The molecule has 0 fully saturated rings. The topological polar surface area (TPSA) is 24.9 Å². The largest absolute Gasteiger partial charge is 0.313 e. The highest BCUT2D eigenvalue weighted by atomic mass is 35.5. The van der Waals surface area contributed by atoms with Crippen LogP contribution in [-0.4, -0.2) is 18.1 Å². The number of para-hydroxylation sites is 1. The van der Waals surface area contributed by atoms with E-state index in [1.165, 1.54) is 5.57 Å². The summed E-state index contributed by atoms with van der Waals surface area (Å²) in [5.41, 5.74) is 4.48. The lowest BCUT2D eigenvalue weighted by atomic mass is 10.1. The van der Waals surface area contributed by atoms with Crippen LogP contribution in [0.5, 0.6) is 0 Å². The van der Waals surface area contributed by atoms with Gasteiger partial charge in [0.05, 0.1) is 5.52 Å². The molecular weight excluding hydrogens is 268 g/mol. The van der Waals surface area contributed by atoms with Gasteiger partial charge in [-0.1, -0.05) is 55.3 Å². The summed E-state index contributed by atoms with van der Waals surface area (Å²) in [5.74, 6) is 0. The van der Waals surface area contributed by atoms with Crippen molar-refractivity contribution in [2.45, 2.75) is 27.2 Å². The van der Waals surface area contributed by atoms with Crippen LogP contribution in [0.2, 0.25) is 5.15 Å². The number of nitrogens with one attached hydrogen (secondary N) is 1. The first kappa shape index (κ1) is 15.0. The van der Waals surface area contributed by atoms with Crippen LogP contribution in [0, 0.1) is 6.92 Å². The molecule has 0 aliphatic carbocycles. The fourth-order valence-corrected chi connectivity index (χ4v) is 2.42. The third kappa shape index (κ3) is 3.38. The van der Waals surface area contributed by atoms with E-state index in [9.17, 15) is 0 Å². The fraction of sp³-hybridized carbons (Fsp3) is 0.353. The second-order valence-electron chi connectivity index (χ2n) is 4.95. The average molecular weight is 289 g/mol. The molecule has 0 saturated carbocycles. The minimum Gasteiger partial charge on any atom is -0.313 e. The molecular formula is C17H21ClN2. The summed E-state index contributed by atoms with van der Waals surface area (Å²) >= 11 is 6.33. The molecule has 2 rings (SSSR count). The molecule has 1 N–H and O–H groups in total. The van der Waals surface area contributed by atoms with Crippen molar-refractivity contribution in [3.8, 4) is 0 Å². The maximum Gasteiger partial charge on any atom is 0.137 e. The van der Waals surface area contributed by atoms with Crippen LogP contribution in [0.15, 0.2) is 29.8 Å². The molecule has 1 aromatic heterocycles. The summed E-state index contributed by atoms with van der Waals surface area (Å²) in [6, 6.07) is 8.32. The average Bonchev–Trinajstić information content (AvgIpc) is 2.45. The number of fused-ring (bicyclic) bond motifs is 1. The number of likely N-dealkylation sites (N-methyl/N-ethyl adjacent to an activating group) is 1. The SMILES string of the molecule is CCNCC(=Cc1cc2cccc(C)c2nc1Cl)CC. The molecule has 0 atom stereocenters. The zero-order valence-corrected chi connectivity index (χ0v) is 13.1. The Morgan fingerprint density at radius 1 is 1.35 bits per heavy atom. The minimum atomic E-state index is 0.578. The molecule has 1 aromatic carbocycles. The highest BCUT2D eigenvalue weighted by molar-refractivity contribution is 6.31. The van der Waals surface area contributed by atoms with E-state index in [0.29, 0.717) is 5.15 Å². The lowest BCUT2D eigenvalue weighted by Gasteiger charge is -2.08. The molecule has 20 heavy (non-hydrogen) atoms. The van der Waals surface area contributed by atoms with Gasteiger partial charge in [0.1, 0.15) is 5.15 Å². The summed E-state index contributed by atoms with van der Waals surface area (Å²) in [6.45, 7) is 8.20. The van der Waals surface area contributed by atoms with Gasteiger partial charge in [0.15, 0.2) is 0 Å². The number of benzene rings is 1. The van der Waals surface area contributed by atoms with E-state index >= 15 is 0 Å². The number of aromatic nitrogens is 1. The third-order valence-electron chi connectivity index (χ3n) is 3.44. The molecule has 0 aliphatic rings. The number of halogens is 1. The summed E-state index contributed by atoms with van der Waals surface area (Å²) in [4.78, 5) is 4.54. The maximum absolute atomic E-state index is 6.33. The number of rotatable bonds is 5. The maximum atomic E-state index is 6.33. The van der Waals surface area contributed by atoms with Gasteiger partial charge in [-0.15, -0.1) is 0 Å². The van der Waals surface area contributed by atoms with Gasteiger partial charge >= 0.3 is 0 Å². The van der Waals surface area contributed by atoms with Gasteiger partial charge in [0, 0.05) is 17.5 Å². The monoisotopic (exact) mass is 288 g/mol. The number of nitrogens with zero attached hydrogens (tertiary/aromatic N) is 1. The first-order valence-corrected chi connectivity index (χ1v) is 7.49. The van der Waals surface area contributed by atoms with Gasteiger partial charge in [-0.25, -0.2) is 4.98 Å². The normalized spacial score (nSPS) is 12.1. The van der Waals surface area contributed by atoms with Gasteiger partial charge < -0.3 is 5.32 Å². The van der Waals surface area contributed by atoms with Gasteiger partial charge in [-0.3, -0.25) is 0 Å². The van der Waals surface area contributed by atoms with Crippen molar-refractivity contribution >= 4 is 28.6 Å². The van der Waals surface area contributed by atoms with E-state index in [1.54, 1.807) is 0 Å². The number of aryl methyl sites for hydroxylation is 1. The van der Waals surface area contributed by atoms with Crippen molar-refractivity contribution in [1.29, 1.82) is 0 Å². The van der Waals surface area contributed by atoms with Crippen molar-refractivity contribution in [3.05, 3.63) is 46.1 Å². The summed E-state index contributed by atoms with van der Waals surface area (Å²) < 4.78 is 0. The van der Waals surface area contributed by atoms with E-state index in [4.69, 9.17) is 11.6 Å². The standard InChI is InChI=1S/C17H21ClN2/c1-4-13(11-19-5-2)9-15-10-14-8-6-7-12(3)16(14)20-17(15)18/h6-10,19H,4-5,11H2,1-3H3. The molecule has 0 amide bonds. The molecule has 0 spiro atoms. The van der Waals surface area contributed by atoms with Crippen molar-refractivity contribution in [2.75, 3.05) is 13.1 Å². The van der Waals surface area contributed by atoms with Crippen LogP contribution < -0.4 is 5.32 Å². The van der Waals surface area contributed by atoms with Gasteiger partial charge in [-0.05, 0) is 31.5 Å². The van der Waals surface area contributed by atoms with Crippen LogP contribution in [0.25, 0.3) is 17.0 Å². The highest BCUT2D eigenvalue weighted by Gasteiger charge is 2.06. The van der Waals surface area contributed by atoms with Crippen molar-refractivity contribution in [3.63, 3.8) is 0 Å². The predicted octanol–water partition coefficient (Wildman–Crippen LogP) is 4.60. The molecule has 106 valence electrons. The van der Waals surface area contributed by atoms with E-state index < -0.39 is 0 Å². The van der Waals surface area contributed by atoms with Crippen molar-refractivity contribution in [2.24, 2.45) is 0 Å². The quantitative estimate of drug-likeness (QED) is 0.813. The van der Waals surface area contributed by atoms with Gasteiger partial charge in [0.25, 0.3) is 0 Å². The highest BCUT2D eigenvalue weighted by Crippen LogP contribution is 2.25.